The lowest BCUT2D eigenvalue weighted by Gasteiger charge is -2.18. The van der Waals surface area contributed by atoms with E-state index in [1.165, 1.54) is 5.56 Å². The Kier molecular flexibility index (Phi) is 8.98. The highest BCUT2D eigenvalue weighted by atomic mass is 127. The number of guanidine groups is 1. The molecule has 0 aromatic heterocycles. The van der Waals surface area contributed by atoms with E-state index in [4.69, 9.17) is 0 Å². The largest absolute Gasteiger partial charge is 0.355 e. The summed E-state index contributed by atoms with van der Waals surface area (Å²) in [4.78, 5) is 15.8. The molecular weight excluding hydrogens is 427 g/mol. The number of carbonyl (C=O) groups excluding carboxylic acids is 1. The Balaban J connectivity index is 0.00000312. The molecular formula is C19H25IN4O. The van der Waals surface area contributed by atoms with Crippen molar-refractivity contribution in [1.82, 2.24) is 16.0 Å². The summed E-state index contributed by atoms with van der Waals surface area (Å²) in [6.45, 7) is 2.73. The molecule has 0 fully saturated rings. The molecule has 25 heavy (non-hydrogen) atoms. The van der Waals surface area contributed by atoms with Gasteiger partial charge in [-0.2, -0.15) is 0 Å². The van der Waals surface area contributed by atoms with Gasteiger partial charge in [0.25, 0.3) is 5.91 Å². The third-order valence-electron chi connectivity index (χ3n) is 3.78. The number of nitrogens with one attached hydrogen (secondary N) is 3. The van der Waals surface area contributed by atoms with Gasteiger partial charge in [0.15, 0.2) is 5.96 Å². The van der Waals surface area contributed by atoms with Crippen LogP contribution in [0.4, 0.5) is 0 Å². The van der Waals surface area contributed by atoms with Gasteiger partial charge in [0, 0.05) is 26.2 Å². The fourth-order valence-electron chi connectivity index (χ4n) is 2.33. The van der Waals surface area contributed by atoms with Gasteiger partial charge in [-0.15, -0.1) is 24.0 Å². The minimum absolute atomic E-state index is 0. The second kappa shape index (κ2) is 10.7. The van der Waals surface area contributed by atoms with E-state index in [2.05, 4.69) is 40.0 Å². The minimum Gasteiger partial charge on any atom is -0.355 e. The average molecular weight is 452 g/mol. The number of rotatable bonds is 5. The SMILES string of the molecule is CN=C(NCc1ccc(C(=O)NC)cc1)NC(C)c1ccccc1.I. The molecule has 2 aromatic carbocycles. The Morgan fingerprint density at radius 1 is 1.08 bits per heavy atom. The van der Waals surface area contributed by atoms with E-state index in [0.29, 0.717) is 12.1 Å². The van der Waals surface area contributed by atoms with E-state index in [1.807, 2.05) is 42.5 Å². The normalized spacial score (nSPS) is 11.9. The summed E-state index contributed by atoms with van der Waals surface area (Å²) in [6, 6.07) is 17.9. The first-order valence-electron chi connectivity index (χ1n) is 7.97. The molecule has 6 heteroatoms. The van der Waals surface area contributed by atoms with E-state index >= 15 is 0 Å². The molecule has 0 saturated heterocycles. The number of hydrogen-bond donors (Lipinski definition) is 3. The van der Waals surface area contributed by atoms with Crippen LogP contribution in [-0.2, 0) is 6.54 Å². The Hall–Kier alpha value is -2.09. The lowest BCUT2D eigenvalue weighted by Crippen LogP contribution is -2.38. The Labute approximate surface area is 166 Å². The Morgan fingerprint density at radius 2 is 1.72 bits per heavy atom. The Morgan fingerprint density at radius 3 is 2.28 bits per heavy atom. The van der Waals surface area contributed by atoms with Gasteiger partial charge in [0.1, 0.15) is 0 Å². The van der Waals surface area contributed by atoms with Gasteiger partial charge >= 0.3 is 0 Å². The van der Waals surface area contributed by atoms with Crippen molar-refractivity contribution in [3.63, 3.8) is 0 Å². The topological polar surface area (TPSA) is 65.5 Å². The van der Waals surface area contributed by atoms with Gasteiger partial charge in [0.2, 0.25) is 0 Å². The van der Waals surface area contributed by atoms with Crippen LogP contribution in [0.5, 0.6) is 0 Å². The Bertz CT molecular complexity index is 686. The molecule has 5 nitrogen and oxygen atoms in total. The lowest BCUT2D eigenvalue weighted by atomic mass is 10.1. The summed E-state index contributed by atoms with van der Waals surface area (Å²) < 4.78 is 0. The molecule has 1 unspecified atom stereocenters. The average Bonchev–Trinajstić information content (AvgIpc) is 2.65. The van der Waals surface area contributed by atoms with Crippen LogP contribution in [0.3, 0.4) is 0 Å². The third-order valence-corrected chi connectivity index (χ3v) is 3.78. The highest BCUT2D eigenvalue weighted by Crippen LogP contribution is 2.11. The molecule has 0 aliphatic heterocycles. The molecule has 0 saturated carbocycles. The lowest BCUT2D eigenvalue weighted by molar-refractivity contribution is 0.0963. The fraction of sp³-hybridized carbons (Fsp3) is 0.263. The number of halogens is 1. The number of aliphatic imine (C=N–C) groups is 1. The number of benzene rings is 2. The van der Waals surface area contributed by atoms with Crippen LogP contribution in [0.1, 0.15) is 34.5 Å². The van der Waals surface area contributed by atoms with Crippen LogP contribution in [0.15, 0.2) is 59.6 Å². The van der Waals surface area contributed by atoms with Crippen molar-refractivity contribution in [1.29, 1.82) is 0 Å². The highest BCUT2D eigenvalue weighted by molar-refractivity contribution is 14.0. The molecule has 0 aliphatic carbocycles. The van der Waals surface area contributed by atoms with E-state index in [9.17, 15) is 4.79 Å². The molecule has 0 aliphatic rings. The van der Waals surface area contributed by atoms with E-state index in [0.717, 1.165) is 11.5 Å². The molecule has 3 N–H and O–H groups in total. The standard InChI is InChI=1S/C19H24N4O.HI/c1-14(16-7-5-4-6-8-16)23-19(21-3)22-13-15-9-11-17(12-10-15)18(24)20-2;/h4-12,14H,13H2,1-3H3,(H,20,24)(H2,21,22,23);1H. The molecule has 0 spiro atoms. The zero-order valence-corrected chi connectivity index (χ0v) is 17.1. The van der Waals surface area contributed by atoms with Crippen molar-refractivity contribution in [3.05, 3.63) is 71.3 Å². The number of hydrogen-bond acceptors (Lipinski definition) is 2. The first-order chi connectivity index (χ1) is 11.6. The zero-order chi connectivity index (χ0) is 17.4. The maximum atomic E-state index is 11.5. The third kappa shape index (κ3) is 6.38. The van der Waals surface area contributed by atoms with Gasteiger partial charge in [-0.05, 0) is 30.2 Å². The summed E-state index contributed by atoms with van der Waals surface area (Å²) >= 11 is 0. The van der Waals surface area contributed by atoms with E-state index in [1.54, 1.807) is 14.1 Å². The number of nitrogens with zero attached hydrogens (tertiary/aromatic N) is 1. The summed E-state index contributed by atoms with van der Waals surface area (Å²) in [5, 5.41) is 9.27. The van der Waals surface area contributed by atoms with Crippen molar-refractivity contribution in [2.45, 2.75) is 19.5 Å². The summed E-state index contributed by atoms with van der Waals surface area (Å²) in [6.07, 6.45) is 0. The quantitative estimate of drug-likeness (QED) is 0.371. The van der Waals surface area contributed by atoms with Gasteiger partial charge in [-0.1, -0.05) is 42.5 Å². The zero-order valence-electron chi connectivity index (χ0n) is 14.7. The molecule has 0 bridgehead atoms. The second-order valence-electron chi connectivity index (χ2n) is 5.48. The molecule has 0 heterocycles. The molecule has 2 rings (SSSR count). The van der Waals surface area contributed by atoms with Crippen molar-refractivity contribution in [2.24, 2.45) is 4.99 Å². The van der Waals surface area contributed by atoms with Gasteiger partial charge < -0.3 is 16.0 Å². The first-order valence-corrected chi connectivity index (χ1v) is 7.97. The van der Waals surface area contributed by atoms with Crippen molar-refractivity contribution < 1.29 is 4.79 Å². The van der Waals surface area contributed by atoms with Crippen LogP contribution in [0.25, 0.3) is 0 Å². The summed E-state index contributed by atoms with van der Waals surface area (Å²) in [7, 11) is 3.38. The molecule has 1 atom stereocenters. The predicted molar refractivity (Wildman–Crippen MR) is 113 cm³/mol. The van der Waals surface area contributed by atoms with Crippen molar-refractivity contribution in [2.75, 3.05) is 14.1 Å². The van der Waals surface area contributed by atoms with Gasteiger partial charge in [-0.3, -0.25) is 9.79 Å². The minimum atomic E-state index is -0.0799. The number of amides is 1. The van der Waals surface area contributed by atoms with Crippen molar-refractivity contribution in [3.8, 4) is 0 Å². The van der Waals surface area contributed by atoms with Gasteiger partial charge in [-0.25, -0.2) is 0 Å². The molecule has 0 radical (unpaired) electrons. The molecule has 134 valence electrons. The van der Waals surface area contributed by atoms with Crippen LogP contribution in [0, 0.1) is 0 Å². The smallest absolute Gasteiger partial charge is 0.251 e. The number of carbonyl (C=O) groups is 1. The van der Waals surface area contributed by atoms with Crippen LogP contribution >= 0.6 is 24.0 Å². The van der Waals surface area contributed by atoms with E-state index < -0.39 is 0 Å². The second-order valence-corrected chi connectivity index (χ2v) is 5.48. The fourth-order valence-corrected chi connectivity index (χ4v) is 2.33. The van der Waals surface area contributed by atoms with Crippen LogP contribution in [0.2, 0.25) is 0 Å². The van der Waals surface area contributed by atoms with E-state index in [-0.39, 0.29) is 35.9 Å². The van der Waals surface area contributed by atoms with Gasteiger partial charge in [0.05, 0.1) is 6.04 Å². The highest BCUT2D eigenvalue weighted by Gasteiger charge is 2.07. The maximum absolute atomic E-state index is 11.5. The molecule has 2 aromatic rings. The van der Waals surface area contributed by atoms with Crippen LogP contribution in [-0.4, -0.2) is 26.0 Å². The molecule has 1 amide bonds. The maximum Gasteiger partial charge on any atom is 0.251 e. The van der Waals surface area contributed by atoms with Crippen LogP contribution < -0.4 is 16.0 Å². The monoisotopic (exact) mass is 452 g/mol. The first kappa shape index (κ1) is 21.0. The predicted octanol–water partition coefficient (Wildman–Crippen LogP) is 3.09. The summed E-state index contributed by atoms with van der Waals surface area (Å²) in [5.41, 5.74) is 2.94. The van der Waals surface area contributed by atoms with Crippen molar-refractivity contribution >= 4 is 35.8 Å². The summed E-state index contributed by atoms with van der Waals surface area (Å²) in [5.74, 6) is 0.658.